The summed E-state index contributed by atoms with van der Waals surface area (Å²) in [4.78, 5) is 0. The Morgan fingerprint density at radius 2 is 2.28 bits per heavy atom. The Balaban J connectivity index is 1.96. The first-order valence-corrected chi connectivity index (χ1v) is 6.76. The van der Waals surface area contributed by atoms with Crippen LogP contribution in [0.3, 0.4) is 0 Å². The molecule has 1 saturated carbocycles. The Hall–Kier alpha value is -1.43. The molecule has 0 bridgehead atoms. The number of anilines is 1. The lowest BCUT2D eigenvalue weighted by molar-refractivity contribution is 0.528. The Kier molecular flexibility index (Phi) is 2.81. The first-order chi connectivity index (χ1) is 8.66. The van der Waals surface area contributed by atoms with Crippen molar-refractivity contribution in [2.75, 3.05) is 5.73 Å². The molecule has 2 aromatic rings. The number of tetrazole rings is 1. The minimum atomic E-state index is 0.696. The van der Waals surface area contributed by atoms with Crippen LogP contribution in [-0.4, -0.2) is 20.2 Å². The van der Waals surface area contributed by atoms with Gasteiger partial charge in [-0.15, -0.1) is 5.10 Å². The van der Waals surface area contributed by atoms with Crippen LogP contribution in [0.1, 0.15) is 13.3 Å². The van der Waals surface area contributed by atoms with Crippen LogP contribution in [-0.2, 0) is 6.54 Å². The SMILES string of the molecule is CC1CC1Cn1nnnc1-c1cccc(N)c1Br. The predicted octanol–water partition coefficient (Wildman–Crippen LogP) is 2.34. The van der Waals surface area contributed by atoms with E-state index in [0.29, 0.717) is 11.6 Å². The van der Waals surface area contributed by atoms with Gasteiger partial charge >= 0.3 is 0 Å². The van der Waals surface area contributed by atoms with Crippen molar-refractivity contribution in [3.05, 3.63) is 22.7 Å². The summed E-state index contributed by atoms with van der Waals surface area (Å²) >= 11 is 3.50. The van der Waals surface area contributed by atoms with Crippen molar-refractivity contribution in [3.63, 3.8) is 0 Å². The lowest BCUT2D eigenvalue weighted by Crippen LogP contribution is -2.06. The smallest absolute Gasteiger partial charge is 0.183 e. The molecule has 6 heteroatoms. The molecule has 18 heavy (non-hydrogen) atoms. The van der Waals surface area contributed by atoms with E-state index in [-0.39, 0.29) is 0 Å². The fourth-order valence-electron chi connectivity index (χ4n) is 2.12. The molecule has 0 saturated heterocycles. The van der Waals surface area contributed by atoms with E-state index < -0.39 is 0 Å². The van der Waals surface area contributed by atoms with Crippen molar-refractivity contribution in [3.8, 4) is 11.4 Å². The molecule has 1 aromatic heterocycles. The number of aromatic nitrogens is 4. The Labute approximate surface area is 113 Å². The van der Waals surface area contributed by atoms with E-state index in [1.807, 2.05) is 22.9 Å². The molecule has 5 nitrogen and oxygen atoms in total. The summed E-state index contributed by atoms with van der Waals surface area (Å²) in [6, 6.07) is 5.73. The van der Waals surface area contributed by atoms with Crippen molar-refractivity contribution in [2.24, 2.45) is 11.8 Å². The average molecular weight is 308 g/mol. The van der Waals surface area contributed by atoms with Crippen molar-refractivity contribution in [1.29, 1.82) is 0 Å². The van der Waals surface area contributed by atoms with Gasteiger partial charge in [0.1, 0.15) is 0 Å². The van der Waals surface area contributed by atoms with Crippen LogP contribution in [0.5, 0.6) is 0 Å². The second-order valence-corrected chi connectivity index (χ2v) is 5.66. The molecule has 0 aliphatic heterocycles. The highest BCUT2D eigenvalue weighted by atomic mass is 79.9. The molecule has 0 spiro atoms. The van der Waals surface area contributed by atoms with Crippen molar-refractivity contribution in [1.82, 2.24) is 20.2 Å². The summed E-state index contributed by atoms with van der Waals surface area (Å²) < 4.78 is 2.72. The van der Waals surface area contributed by atoms with Gasteiger partial charge in [0.25, 0.3) is 0 Å². The maximum Gasteiger partial charge on any atom is 0.183 e. The zero-order valence-corrected chi connectivity index (χ0v) is 11.6. The van der Waals surface area contributed by atoms with E-state index in [1.54, 1.807) is 0 Å². The Morgan fingerprint density at radius 1 is 1.50 bits per heavy atom. The second kappa shape index (κ2) is 4.35. The largest absolute Gasteiger partial charge is 0.398 e. The highest BCUT2D eigenvalue weighted by Gasteiger charge is 2.33. The second-order valence-electron chi connectivity index (χ2n) is 4.87. The van der Waals surface area contributed by atoms with E-state index in [9.17, 15) is 0 Å². The maximum atomic E-state index is 5.89. The van der Waals surface area contributed by atoms with Crippen LogP contribution >= 0.6 is 15.9 Å². The summed E-state index contributed by atoms with van der Waals surface area (Å²) in [6.45, 7) is 3.13. The van der Waals surface area contributed by atoms with Crippen LogP contribution in [0.2, 0.25) is 0 Å². The number of rotatable bonds is 3. The number of benzene rings is 1. The predicted molar refractivity (Wildman–Crippen MR) is 72.6 cm³/mol. The van der Waals surface area contributed by atoms with Gasteiger partial charge in [-0.25, -0.2) is 4.68 Å². The maximum absolute atomic E-state index is 5.89. The fraction of sp³-hybridized carbons (Fsp3) is 0.417. The monoisotopic (exact) mass is 307 g/mol. The highest BCUT2D eigenvalue weighted by Crippen LogP contribution is 2.40. The lowest BCUT2D eigenvalue weighted by atomic mass is 10.2. The van der Waals surface area contributed by atoms with E-state index >= 15 is 0 Å². The van der Waals surface area contributed by atoms with Gasteiger partial charge in [0.2, 0.25) is 0 Å². The summed E-state index contributed by atoms with van der Waals surface area (Å²) in [7, 11) is 0. The molecule has 1 aliphatic carbocycles. The summed E-state index contributed by atoms with van der Waals surface area (Å²) in [5, 5.41) is 12.0. The van der Waals surface area contributed by atoms with Gasteiger partial charge in [0, 0.05) is 17.8 Å². The van der Waals surface area contributed by atoms with Crippen LogP contribution in [0, 0.1) is 11.8 Å². The number of hydrogen-bond acceptors (Lipinski definition) is 4. The van der Waals surface area contributed by atoms with Crippen molar-refractivity contribution in [2.45, 2.75) is 19.9 Å². The van der Waals surface area contributed by atoms with Crippen molar-refractivity contribution < 1.29 is 0 Å². The first kappa shape index (κ1) is 11.6. The molecule has 2 N–H and O–H groups in total. The third kappa shape index (κ3) is 2.01. The van der Waals surface area contributed by atoms with Gasteiger partial charge in [0.05, 0.1) is 4.47 Å². The van der Waals surface area contributed by atoms with E-state index in [4.69, 9.17) is 5.73 Å². The zero-order valence-electron chi connectivity index (χ0n) is 10.0. The third-order valence-corrected chi connectivity index (χ3v) is 4.37. The van der Waals surface area contributed by atoms with Crippen LogP contribution in [0.15, 0.2) is 22.7 Å². The summed E-state index contributed by atoms with van der Waals surface area (Å²) in [6.07, 6.45) is 1.26. The molecule has 0 amide bonds. The molecule has 2 unspecified atom stereocenters. The quantitative estimate of drug-likeness (QED) is 0.884. The molecule has 1 aliphatic rings. The molecule has 1 heterocycles. The number of nitrogens with zero attached hydrogens (tertiary/aromatic N) is 4. The molecule has 0 radical (unpaired) electrons. The van der Waals surface area contributed by atoms with E-state index in [1.165, 1.54) is 6.42 Å². The number of hydrogen-bond donors (Lipinski definition) is 1. The standard InChI is InChI=1S/C12H14BrN5/c1-7-5-8(7)6-18-12(15-16-17-18)9-3-2-4-10(14)11(9)13/h2-4,7-8H,5-6,14H2,1H3. The van der Waals surface area contributed by atoms with E-state index in [0.717, 1.165) is 28.3 Å². The van der Waals surface area contributed by atoms with Gasteiger partial charge in [-0.1, -0.05) is 13.0 Å². The fourth-order valence-corrected chi connectivity index (χ4v) is 2.56. The number of halogens is 1. The minimum Gasteiger partial charge on any atom is -0.398 e. The van der Waals surface area contributed by atoms with Crippen LogP contribution in [0.4, 0.5) is 5.69 Å². The van der Waals surface area contributed by atoms with Gasteiger partial charge < -0.3 is 5.73 Å². The molecule has 1 fully saturated rings. The summed E-state index contributed by atoms with van der Waals surface area (Å²) in [5.41, 5.74) is 7.52. The van der Waals surface area contributed by atoms with Gasteiger partial charge in [0.15, 0.2) is 5.82 Å². The zero-order chi connectivity index (χ0) is 12.7. The third-order valence-electron chi connectivity index (χ3n) is 3.48. The van der Waals surface area contributed by atoms with Crippen LogP contribution < -0.4 is 5.73 Å². The molecule has 2 atom stereocenters. The Bertz CT molecular complexity index is 580. The molecule has 3 rings (SSSR count). The molecular formula is C12H14BrN5. The molecule has 1 aromatic carbocycles. The normalized spacial score (nSPS) is 22.1. The van der Waals surface area contributed by atoms with E-state index in [2.05, 4.69) is 38.4 Å². The Morgan fingerprint density at radius 3 is 3.00 bits per heavy atom. The number of nitrogens with two attached hydrogens (primary N) is 1. The highest BCUT2D eigenvalue weighted by molar-refractivity contribution is 9.10. The average Bonchev–Trinajstić information content (AvgIpc) is 2.86. The molecular weight excluding hydrogens is 294 g/mol. The van der Waals surface area contributed by atoms with Gasteiger partial charge in [-0.2, -0.15) is 0 Å². The van der Waals surface area contributed by atoms with Crippen LogP contribution in [0.25, 0.3) is 11.4 Å². The lowest BCUT2D eigenvalue weighted by Gasteiger charge is -2.07. The molecule has 94 valence electrons. The number of nitrogen functional groups attached to an aromatic ring is 1. The van der Waals surface area contributed by atoms with Crippen molar-refractivity contribution >= 4 is 21.6 Å². The van der Waals surface area contributed by atoms with Gasteiger partial charge in [-0.05, 0) is 56.7 Å². The summed E-state index contributed by atoms with van der Waals surface area (Å²) in [5.74, 6) is 2.26. The van der Waals surface area contributed by atoms with Gasteiger partial charge in [-0.3, -0.25) is 0 Å². The first-order valence-electron chi connectivity index (χ1n) is 5.97. The topological polar surface area (TPSA) is 69.6 Å². The minimum absolute atomic E-state index is 0.696.